The number of hydrogen-bond donors (Lipinski definition) is 1. The van der Waals surface area contributed by atoms with Crippen LogP contribution in [0.25, 0.3) is 0 Å². The summed E-state index contributed by atoms with van der Waals surface area (Å²) < 4.78 is 0. The molecule has 0 radical (unpaired) electrons. The Morgan fingerprint density at radius 1 is 1.29 bits per heavy atom. The lowest BCUT2D eigenvalue weighted by Gasteiger charge is -2.28. The molecule has 0 amide bonds. The second kappa shape index (κ2) is 5.52. The van der Waals surface area contributed by atoms with Gasteiger partial charge in [-0.2, -0.15) is 0 Å². The second-order valence-corrected chi connectivity index (χ2v) is 5.13. The van der Waals surface area contributed by atoms with Gasteiger partial charge in [0.25, 0.3) is 0 Å². The van der Waals surface area contributed by atoms with Gasteiger partial charge in [-0.25, -0.2) is 0 Å². The van der Waals surface area contributed by atoms with Gasteiger partial charge < -0.3 is 10.6 Å². The number of para-hydroxylation sites is 1. The van der Waals surface area contributed by atoms with Gasteiger partial charge in [0.05, 0.1) is 0 Å². The summed E-state index contributed by atoms with van der Waals surface area (Å²) in [6.07, 6.45) is 1.24. The van der Waals surface area contributed by atoms with Gasteiger partial charge >= 0.3 is 0 Å². The number of nitrogens with two attached hydrogens (primary N) is 1. The van der Waals surface area contributed by atoms with Crippen molar-refractivity contribution in [2.45, 2.75) is 25.9 Å². The van der Waals surface area contributed by atoms with Crippen LogP contribution in [0.2, 0.25) is 0 Å². The highest BCUT2D eigenvalue weighted by molar-refractivity contribution is 5.46. The maximum Gasteiger partial charge on any atom is 0.0359 e. The Balaban J connectivity index is 2.05. The summed E-state index contributed by atoms with van der Waals surface area (Å²) in [6.45, 7) is 6.79. The quantitative estimate of drug-likeness (QED) is 0.791. The van der Waals surface area contributed by atoms with E-state index in [0.717, 1.165) is 18.8 Å². The lowest BCUT2D eigenvalue weighted by Crippen LogP contribution is -2.37. The molecule has 0 aliphatic carbocycles. The molecule has 1 aromatic rings. The second-order valence-electron chi connectivity index (χ2n) is 5.13. The molecule has 1 aromatic carbocycles. The fourth-order valence-electron chi connectivity index (χ4n) is 2.55. The first-order chi connectivity index (χ1) is 8.16. The SMILES string of the molecule is CC1CN(C)CCCN1Cc1ccccc1N. The van der Waals surface area contributed by atoms with Crippen molar-refractivity contribution < 1.29 is 0 Å². The summed E-state index contributed by atoms with van der Waals surface area (Å²) in [5, 5.41) is 0. The van der Waals surface area contributed by atoms with Gasteiger partial charge in [0.15, 0.2) is 0 Å². The summed E-state index contributed by atoms with van der Waals surface area (Å²) in [7, 11) is 2.21. The summed E-state index contributed by atoms with van der Waals surface area (Å²) >= 11 is 0. The van der Waals surface area contributed by atoms with E-state index in [2.05, 4.69) is 35.9 Å². The fourth-order valence-corrected chi connectivity index (χ4v) is 2.55. The smallest absolute Gasteiger partial charge is 0.0359 e. The topological polar surface area (TPSA) is 32.5 Å². The molecule has 1 saturated heterocycles. The minimum atomic E-state index is 0.599. The molecule has 2 N–H and O–H groups in total. The van der Waals surface area contributed by atoms with Gasteiger partial charge in [0, 0.05) is 31.4 Å². The van der Waals surface area contributed by atoms with Crippen molar-refractivity contribution in [2.24, 2.45) is 0 Å². The zero-order chi connectivity index (χ0) is 12.3. The first-order valence-electron chi connectivity index (χ1n) is 6.43. The third-order valence-corrected chi connectivity index (χ3v) is 3.61. The van der Waals surface area contributed by atoms with E-state index >= 15 is 0 Å². The highest BCUT2D eigenvalue weighted by Crippen LogP contribution is 2.17. The first-order valence-corrected chi connectivity index (χ1v) is 6.43. The van der Waals surface area contributed by atoms with Gasteiger partial charge in [-0.3, -0.25) is 4.90 Å². The van der Waals surface area contributed by atoms with Crippen molar-refractivity contribution in [3.8, 4) is 0 Å². The van der Waals surface area contributed by atoms with Crippen LogP contribution in [-0.2, 0) is 6.54 Å². The van der Waals surface area contributed by atoms with Crippen LogP contribution in [0.1, 0.15) is 18.9 Å². The maximum atomic E-state index is 6.01. The molecular weight excluding hydrogens is 210 g/mol. The molecule has 1 aliphatic heterocycles. The molecule has 0 bridgehead atoms. The van der Waals surface area contributed by atoms with E-state index in [1.165, 1.54) is 25.1 Å². The average Bonchev–Trinajstić information content (AvgIpc) is 2.44. The molecule has 0 spiro atoms. The van der Waals surface area contributed by atoms with Crippen molar-refractivity contribution in [3.05, 3.63) is 29.8 Å². The molecule has 0 aromatic heterocycles. The molecule has 0 saturated carbocycles. The van der Waals surface area contributed by atoms with Crippen molar-refractivity contribution in [1.29, 1.82) is 0 Å². The molecule has 17 heavy (non-hydrogen) atoms. The van der Waals surface area contributed by atoms with Crippen LogP contribution in [0.5, 0.6) is 0 Å². The van der Waals surface area contributed by atoms with Crippen LogP contribution in [0.15, 0.2) is 24.3 Å². The van der Waals surface area contributed by atoms with E-state index in [9.17, 15) is 0 Å². The van der Waals surface area contributed by atoms with Crippen molar-refractivity contribution >= 4 is 5.69 Å². The molecule has 1 unspecified atom stereocenters. The van der Waals surface area contributed by atoms with Crippen LogP contribution in [0.4, 0.5) is 5.69 Å². The minimum absolute atomic E-state index is 0.599. The van der Waals surface area contributed by atoms with Crippen molar-refractivity contribution in [1.82, 2.24) is 9.80 Å². The maximum absolute atomic E-state index is 6.01. The molecule has 3 heteroatoms. The lowest BCUT2D eigenvalue weighted by atomic mass is 10.1. The predicted octanol–water partition coefficient (Wildman–Crippen LogP) is 1.79. The third-order valence-electron chi connectivity index (χ3n) is 3.61. The molecule has 94 valence electrons. The van der Waals surface area contributed by atoms with E-state index in [1.54, 1.807) is 0 Å². The van der Waals surface area contributed by atoms with Gasteiger partial charge in [-0.05, 0) is 38.6 Å². The number of nitrogens with zero attached hydrogens (tertiary/aromatic N) is 2. The van der Waals surface area contributed by atoms with E-state index in [4.69, 9.17) is 5.73 Å². The van der Waals surface area contributed by atoms with E-state index in [0.29, 0.717) is 6.04 Å². The van der Waals surface area contributed by atoms with Gasteiger partial charge in [0.2, 0.25) is 0 Å². The molecule has 1 atom stereocenters. The zero-order valence-electron chi connectivity index (χ0n) is 10.9. The van der Waals surface area contributed by atoms with Gasteiger partial charge in [0.1, 0.15) is 0 Å². The van der Waals surface area contributed by atoms with Crippen LogP contribution >= 0.6 is 0 Å². The fraction of sp³-hybridized carbons (Fsp3) is 0.571. The van der Waals surface area contributed by atoms with Crippen LogP contribution in [0, 0.1) is 0 Å². The molecule has 1 aliphatic rings. The highest BCUT2D eigenvalue weighted by atomic mass is 15.2. The Morgan fingerprint density at radius 2 is 2.06 bits per heavy atom. The largest absolute Gasteiger partial charge is 0.398 e. The van der Waals surface area contributed by atoms with Gasteiger partial charge in [-0.15, -0.1) is 0 Å². The monoisotopic (exact) mass is 233 g/mol. The number of benzene rings is 1. The van der Waals surface area contributed by atoms with E-state index < -0.39 is 0 Å². The number of rotatable bonds is 2. The number of hydrogen-bond acceptors (Lipinski definition) is 3. The normalized spacial score (nSPS) is 23.5. The van der Waals surface area contributed by atoms with Crippen molar-refractivity contribution in [3.63, 3.8) is 0 Å². The van der Waals surface area contributed by atoms with Crippen LogP contribution in [0.3, 0.4) is 0 Å². The third kappa shape index (κ3) is 3.20. The summed E-state index contributed by atoms with van der Waals surface area (Å²) in [6, 6.07) is 8.79. The first kappa shape index (κ1) is 12.4. The van der Waals surface area contributed by atoms with E-state index in [-0.39, 0.29) is 0 Å². The Bertz CT molecular complexity index is 364. The molecule has 2 rings (SSSR count). The number of anilines is 1. The minimum Gasteiger partial charge on any atom is -0.398 e. The van der Waals surface area contributed by atoms with Crippen molar-refractivity contribution in [2.75, 3.05) is 32.4 Å². The Kier molecular flexibility index (Phi) is 4.02. The summed E-state index contributed by atoms with van der Waals surface area (Å²) in [5.74, 6) is 0. The predicted molar refractivity (Wildman–Crippen MR) is 72.8 cm³/mol. The van der Waals surface area contributed by atoms with Crippen LogP contribution in [-0.4, -0.2) is 42.5 Å². The lowest BCUT2D eigenvalue weighted by molar-refractivity contribution is 0.195. The highest BCUT2D eigenvalue weighted by Gasteiger charge is 2.19. The Hall–Kier alpha value is -1.06. The summed E-state index contributed by atoms with van der Waals surface area (Å²) in [5.41, 5.74) is 8.18. The van der Waals surface area contributed by atoms with Gasteiger partial charge in [-0.1, -0.05) is 18.2 Å². The molecule has 1 heterocycles. The average molecular weight is 233 g/mol. The Labute approximate surface area is 104 Å². The molecule has 3 nitrogen and oxygen atoms in total. The number of nitrogen functional groups attached to an aromatic ring is 1. The Morgan fingerprint density at radius 3 is 2.82 bits per heavy atom. The van der Waals surface area contributed by atoms with E-state index in [1.807, 2.05) is 12.1 Å². The van der Waals surface area contributed by atoms with Crippen LogP contribution < -0.4 is 5.73 Å². The molecule has 1 fully saturated rings. The number of likely N-dealkylation sites (N-methyl/N-ethyl adjacent to an activating group) is 1. The zero-order valence-corrected chi connectivity index (χ0v) is 10.9. The standard InChI is InChI=1S/C14H23N3/c1-12-10-16(2)8-5-9-17(12)11-13-6-3-4-7-14(13)15/h3-4,6-7,12H,5,8-11,15H2,1-2H3. The molecular formula is C14H23N3. The summed E-state index contributed by atoms with van der Waals surface area (Å²) in [4.78, 5) is 4.95.